The Morgan fingerprint density at radius 3 is 2.20 bits per heavy atom. The molecule has 0 bridgehead atoms. The minimum absolute atomic E-state index is 0.0471. The summed E-state index contributed by atoms with van der Waals surface area (Å²) in [5.41, 5.74) is 5.28. The van der Waals surface area contributed by atoms with E-state index in [9.17, 15) is 17.2 Å². The third kappa shape index (κ3) is 3.68. The second-order valence-electron chi connectivity index (χ2n) is 4.06. The van der Waals surface area contributed by atoms with Crippen LogP contribution in [-0.4, -0.2) is 32.9 Å². The van der Waals surface area contributed by atoms with Crippen molar-refractivity contribution in [1.82, 2.24) is 0 Å². The number of hydrogen-bond acceptors (Lipinski definition) is 3. The van der Waals surface area contributed by atoms with Gasteiger partial charge in [-0.1, -0.05) is 0 Å². The first-order valence-corrected chi connectivity index (χ1v) is 6.97. The number of sulfone groups is 1. The van der Waals surface area contributed by atoms with Crippen molar-refractivity contribution in [2.75, 3.05) is 18.1 Å². The molecule has 0 saturated carbocycles. The standard InChI is InChI=1S/C9H17F2NO2S/c10-9(11)8(1-4-12)7-2-5-15(13,14)6-3-7/h7-9H,1-6,12H2. The second kappa shape index (κ2) is 5.21. The van der Waals surface area contributed by atoms with E-state index in [4.69, 9.17) is 5.73 Å². The Hall–Kier alpha value is -0.230. The van der Waals surface area contributed by atoms with Gasteiger partial charge in [-0.05, 0) is 31.7 Å². The number of halogens is 2. The minimum atomic E-state index is -2.97. The SMILES string of the molecule is NCCC(C(F)F)C1CCS(=O)(=O)CC1. The van der Waals surface area contributed by atoms with Gasteiger partial charge in [0.15, 0.2) is 0 Å². The van der Waals surface area contributed by atoms with Crippen molar-refractivity contribution in [3.05, 3.63) is 0 Å². The van der Waals surface area contributed by atoms with E-state index in [1.807, 2.05) is 0 Å². The number of rotatable bonds is 4. The van der Waals surface area contributed by atoms with E-state index < -0.39 is 22.2 Å². The Morgan fingerprint density at radius 1 is 1.27 bits per heavy atom. The van der Waals surface area contributed by atoms with Crippen LogP contribution in [0.5, 0.6) is 0 Å². The molecule has 15 heavy (non-hydrogen) atoms. The Labute approximate surface area is 88.9 Å². The molecule has 0 amide bonds. The van der Waals surface area contributed by atoms with Crippen LogP contribution in [-0.2, 0) is 9.84 Å². The fourth-order valence-corrected chi connectivity index (χ4v) is 3.62. The molecule has 0 spiro atoms. The quantitative estimate of drug-likeness (QED) is 0.800. The Morgan fingerprint density at radius 2 is 1.80 bits per heavy atom. The maximum Gasteiger partial charge on any atom is 0.241 e. The monoisotopic (exact) mass is 241 g/mol. The zero-order chi connectivity index (χ0) is 11.5. The zero-order valence-electron chi connectivity index (χ0n) is 8.53. The molecule has 1 aliphatic rings. The van der Waals surface area contributed by atoms with Crippen LogP contribution in [0.15, 0.2) is 0 Å². The molecule has 1 aliphatic heterocycles. The normalized spacial score (nSPS) is 24.3. The van der Waals surface area contributed by atoms with Crippen LogP contribution in [0, 0.1) is 11.8 Å². The fourth-order valence-electron chi connectivity index (χ4n) is 2.10. The highest BCUT2D eigenvalue weighted by Crippen LogP contribution is 2.32. The molecular formula is C9H17F2NO2S. The van der Waals surface area contributed by atoms with Crippen LogP contribution in [0.1, 0.15) is 19.3 Å². The van der Waals surface area contributed by atoms with Gasteiger partial charge in [0.2, 0.25) is 6.43 Å². The predicted octanol–water partition coefficient (Wildman–Crippen LogP) is 1.04. The summed E-state index contributed by atoms with van der Waals surface area (Å²) in [6.07, 6.45) is -1.39. The predicted molar refractivity (Wildman–Crippen MR) is 54.5 cm³/mol. The van der Waals surface area contributed by atoms with Crippen LogP contribution in [0.3, 0.4) is 0 Å². The summed E-state index contributed by atoms with van der Waals surface area (Å²) in [6.45, 7) is 0.234. The minimum Gasteiger partial charge on any atom is -0.330 e. The van der Waals surface area contributed by atoms with Gasteiger partial charge in [-0.2, -0.15) is 0 Å². The van der Waals surface area contributed by atoms with E-state index in [-0.39, 0.29) is 30.4 Å². The number of nitrogens with two attached hydrogens (primary N) is 1. The van der Waals surface area contributed by atoms with Gasteiger partial charge in [-0.15, -0.1) is 0 Å². The third-order valence-electron chi connectivity index (χ3n) is 3.03. The summed E-state index contributed by atoms with van der Waals surface area (Å²) in [4.78, 5) is 0. The maximum atomic E-state index is 12.7. The largest absolute Gasteiger partial charge is 0.330 e. The molecule has 0 aromatic carbocycles. The van der Waals surface area contributed by atoms with Gasteiger partial charge in [0.1, 0.15) is 9.84 Å². The van der Waals surface area contributed by atoms with Crippen molar-refractivity contribution in [2.24, 2.45) is 17.6 Å². The van der Waals surface area contributed by atoms with E-state index in [1.165, 1.54) is 0 Å². The number of hydrogen-bond donors (Lipinski definition) is 1. The van der Waals surface area contributed by atoms with Gasteiger partial charge in [0, 0.05) is 5.92 Å². The molecule has 0 aromatic rings. The Balaban J connectivity index is 2.56. The summed E-state index contributed by atoms with van der Waals surface area (Å²) in [7, 11) is -2.97. The smallest absolute Gasteiger partial charge is 0.241 e. The second-order valence-corrected chi connectivity index (χ2v) is 6.37. The van der Waals surface area contributed by atoms with E-state index >= 15 is 0 Å². The third-order valence-corrected chi connectivity index (χ3v) is 4.74. The van der Waals surface area contributed by atoms with Crippen molar-refractivity contribution in [2.45, 2.75) is 25.7 Å². The van der Waals surface area contributed by atoms with Gasteiger partial charge in [0.05, 0.1) is 11.5 Å². The van der Waals surface area contributed by atoms with Crippen molar-refractivity contribution >= 4 is 9.84 Å². The average Bonchev–Trinajstić information content (AvgIpc) is 2.14. The lowest BCUT2D eigenvalue weighted by atomic mass is 9.85. The van der Waals surface area contributed by atoms with Gasteiger partial charge in [-0.3, -0.25) is 0 Å². The molecule has 0 aromatic heterocycles. The van der Waals surface area contributed by atoms with Crippen LogP contribution >= 0.6 is 0 Å². The van der Waals surface area contributed by atoms with E-state index in [0.29, 0.717) is 12.8 Å². The van der Waals surface area contributed by atoms with Gasteiger partial charge < -0.3 is 5.73 Å². The van der Waals surface area contributed by atoms with E-state index in [2.05, 4.69) is 0 Å². The molecule has 6 heteroatoms. The first kappa shape index (κ1) is 12.8. The highest BCUT2D eigenvalue weighted by Gasteiger charge is 2.33. The maximum absolute atomic E-state index is 12.7. The molecule has 0 aliphatic carbocycles. The molecule has 1 rings (SSSR count). The van der Waals surface area contributed by atoms with Crippen molar-refractivity contribution in [3.63, 3.8) is 0 Å². The molecule has 1 saturated heterocycles. The molecule has 3 nitrogen and oxygen atoms in total. The van der Waals surface area contributed by atoms with E-state index in [1.54, 1.807) is 0 Å². The average molecular weight is 241 g/mol. The summed E-state index contributed by atoms with van der Waals surface area (Å²) < 4.78 is 47.6. The Bertz CT molecular complexity index is 278. The van der Waals surface area contributed by atoms with E-state index in [0.717, 1.165) is 0 Å². The van der Waals surface area contributed by atoms with Crippen molar-refractivity contribution in [1.29, 1.82) is 0 Å². The summed E-state index contributed by atoms with van der Waals surface area (Å²) in [5.74, 6) is -0.820. The molecule has 1 fully saturated rings. The lowest BCUT2D eigenvalue weighted by Crippen LogP contribution is -2.32. The summed E-state index contributed by atoms with van der Waals surface area (Å²) in [6, 6.07) is 0. The van der Waals surface area contributed by atoms with Crippen LogP contribution < -0.4 is 5.73 Å². The van der Waals surface area contributed by atoms with Crippen molar-refractivity contribution < 1.29 is 17.2 Å². The summed E-state index contributed by atoms with van der Waals surface area (Å²) in [5, 5.41) is 0. The molecule has 1 unspecified atom stereocenters. The Kier molecular flexibility index (Phi) is 4.45. The van der Waals surface area contributed by atoms with Gasteiger partial charge in [-0.25, -0.2) is 17.2 Å². The lowest BCUT2D eigenvalue weighted by molar-refractivity contribution is 0.0361. The van der Waals surface area contributed by atoms with Gasteiger partial charge in [0.25, 0.3) is 0 Å². The summed E-state index contributed by atoms with van der Waals surface area (Å²) >= 11 is 0. The molecule has 1 atom stereocenters. The fraction of sp³-hybridized carbons (Fsp3) is 1.00. The highest BCUT2D eigenvalue weighted by molar-refractivity contribution is 7.91. The zero-order valence-corrected chi connectivity index (χ0v) is 9.35. The molecule has 90 valence electrons. The van der Waals surface area contributed by atoms with Crippen LogP contribution in [0.2, 0.25) is 0 Å². The van der Waals surface area contributed by atoms with Crippen LogP contribution in [0.25, 0.3) is 0 Å². The van der Waals surface area contributed by atoms with Crippen LogP contribution in [0.4, 0.5) is 8.78 Å². The number of alkyl halides is 2. The highest BCUT2D eigenvalue weighted by atomic mass is 32.2. The lowest BCUT2D eigenvalue weighted by Gasteiger charge is -2.29. The first-order chi connectivity index (χ1) is 6.96. The molecule has 1 heterocycles. The van der Waals surface area contributed by atoms with Gasteiger partial charge >= 0.3 is 0 Å². The molecular weight excluding hydrogens is 224 g/mol. The van der Waals surface area contributed by atoms with Crippen molar-refractivity contribution in [3.8, 4) is 0 Å². The topological polar surface area (TPSA) is 60.2 Å². The first-order valence-electron chi connectivity index (χ1n) is 5.15. The molecule has 0 radical (unpaired) electrons. The molecule has 2 N–H and O–H groups in total.